The zero-order valence-corrected chi connectivity index (χ0v) is 11.9. The van der Waals surface area contributed by atoms with E-state index >= 15 is 0 Å². The van der Waals surface area contributed by atoms with E-state index in [1.54, 1.807) is 0 Å². The number of fused-ring (bicyclic) bond motifs is 1. The number of hydrogen-bond acceptors (Lipinski definition) is 2. The molecule has 1 N–H and O–H groups in total. The van der Waals surface area contributed by atoms with E-state index in [2.05, 4.69) is 25.2 Å². The highest BCUT2D eigenvalue weighted by molar-refractivity contribution is 5.78. The van der Waals surface area contributed by atoms with E-state index in [0.29, 0.717) is 6.54 Å². The van der Waals surface area contributed by atoms with Gasteiger partial charge in [-0.2, -0.15) is 0 Å². The first-order valence-corrected chi connectivity index (χ1v) is 7.27. The van der Waals surface area contributed by atoms with Gasteiger partial charge in [0.15, 0.2) is 0 Å². The Morgan fingerprint density at radius 3 is 2.89 bits per heavy atom. The number of benzene rings is 1. The molecular weight excluding hydrogens is 238 g/mol. The highest BCUT2D eigenvalue weighted by Crippen LogP contribution is 2.25. The quantitative estimate of drug-likeness (QED) is 0.884. The highest BCUT2D eigenvalue weighted by atomic mass is 16.5. The molecule has 2 rings (SSSR count). The van der Waals surface area contributed by atoms with E-state index < -0.39 is 0 Å². The van der Waals surface area contributed by atoms with Crippen molar-refractivity contribution in [1.29, 1.82) is 0 Å². The zero-order chi connectivity index (χ0) is 13.7. The molecule has 0 fully saturated rings. The third-order valence-corrected chi connectivity index (χ3v) is 3.80. The Hall–Kier alpha value is -1.51. The molecule has 0 aliphatic carbocycles. The summed E-state index contributed by atoms with van der Waals surface area (Å²) < 4.78 is 5.59. The minimum Gasteiger partial charge on any atom is -0.493 e. The lowest BCUT2D eigenvalue weighted by Gasteiger charge is -2.18. The van der Waals surface area contributed by atoms with Crippen molar-refractivity contribution in [2.45, 2.75) is 46.1 Å². The number of amides is 1. The molecule has 19 heavy (non-hydrogen) atoms. The molecule has 0 bridgehead atoms. The van der Waals surface area contributed by atoms with Gasteiger partial charge < -0.3 is 10.1 Å². The van der Waals surface area contributed by atoms with Gasteiger partial charge in [-0.3, -0.25) is 4.79 Å². The molecule has 0 spiro atoms. The van der Waals surface area contributed by atoms with E-state index in [1.807, 2.05) is 12.1 Å². The van der Waals surface area contributed by atoms with Crippen LogP contribution in [0.2, 0.25) is 0 Å². The van der Waals surface area contributed by atoms with Crippen LogP contribution in [0.25, 0.3) is 0 Å². The second-order valence-corrected chi connectivity index (χ2v) is 5.13. The van der Waals surface area contributed by atoms with Crippen molar-refractivity contribution in [3.63, 3.8) is 0 Å². The number of aryl methyl sites for hydroxylation is 1. The summed E-state index contributed by atoms with van der Waals surface area (Å²) in [5.74, 6) is 1.31. The van der Waals surface area contributed by atoms with Crippen LogP contribution in [0, 0.1) is 5.92 Å². The second-order valence-electron chi connectivity index (χ2n) is 5.13. The van der Waals surface area contributed by atoms with Gasteiger partial charge in [0, 0.05) is 12.5 Å². The highest BCUT2D eigenvalue weighted by Gasteiger charge is 2.14. The number of nitrogens with one attached hydrogen (secondary N) is 1. The van der Waals surface area contributed by atoms with Crippen LogP contribution in [-0.4, -0.2) is 12.5 Å². The topological polar surface area (TPSA) is 38.3 Å². The van der Waals surface area contributed by atoms with Crippen molar-refractivity contribution >= 4 is 5.91 Å². The number of ether oxygens (including phenoxy) is 1. The van der Waals surface area contributed by atoms with Crippen molar-refractivity contribution in [2.75, 3.05) is 6.61 Å². The van der Waals surface area contributed by atoms with Gasteiger partial charge in [0.2, 0.25) is 5.91 Å². The van der Waals surface area contributed by atoms with Gasteiger partial charge in [0.05, 0.1) is 6.61 Å². The molecule has 0 saturated carbocycles. The Kier molecular flexibility index (Phi) is 4.83. The summed E-state index contributed by atoms with van der Waals surface area (Å²) in [5.41, 5.74) is 2.42. The molecule has 0 unspecified atom stereocenters. The van der Waals surface area contributed by atoms with E-state index in [-0.39, 0.29) is 11.8 Å². The summed E-state index contributed by atoms with van der Waals surface area (Å²) >= 11 is 0. The summed E-state index contributed by atoms with van der Waals surface area (Å²) in [7, 11) is 0. The molecule has 1 heterocycles. The molecule has 1 amide bonds. The maximum absolute atomic E-state index is 11.9. The van der Waals surface area contributed by atoms with Gasteiger partial charge in [0.1, 0.15) is 5.75 Å². The molecule has 0 aromatic heterocycles. The summed E-state index contributed by atoms with van der Waals surface area (Å²) in [6, 6.07) is 6.21. The Morgan fingerprint density at radius 1 is 1.37 bits per heavy atom. The van der Waals surface area contributed by atoms with Crippen molar-refractivity contribution in [1.82, 2.24) is 5.32 Å². The smallest absolute Gasteiger partial charge is 0.223 e. The van der Waals surface area contributed by atoms with Crippen LogP contribution in [0.5, 0.6) is 5.75 Å². The number of carbonyl (C=O) groups excluding carboxylic acids is 1. The fourth-order valence-corrected chi connectivity index (χ4v) is 2.52. The molecule has 1 aromatic carbocycles. The second kappa shape index (κ2) is 6.60. The molecule has 1 aromatic rings. The summed E-state index contributed by atoms with van der Waals surface area (Å²) in [4.78, 5) is 11.9. The minimum atomic E-state index is 0.140. The molecule has 0 radical (unpaired) electrons. The van der Waals surface area contributed by atoms with Crippen LogP contribution in [0.15, 0.2) is 18.2 Å². The first-order chi connectivity index (χ1) is 9.24. The van der Waals surface area contributed by atoms with Gasteiger partial charge in [-0.1, -0.05) is 26.0 Å². The van der Waals surface area contributed by atoms with Crippen molar-refractivity contribution in [2.24, 2.45) is 5.92 Å². The fraction of sp³-hybridized carbons (Fsp3) is 0.562. The molecule has 1 aliphatic rings. The minimum absolute atomic E-state index is 0.140. The van der Waals surface area contributed by atoms with E-state index in [1.165, 1.54) is 5.56 Å². The molecule has 1 aliphatic heterocycles. The predicted molar refractivity (Wildman–Crippen MR) is 76.2 cm³/mol. The van der Waals surface area contributed by atoms with Gasteiger partial charge in [0.25, 0.3) is 0 Å². The third kappa shape index (κ3) is 3.49. The maximum atomic E-state index is 11.9. The Bertz CT molecular complexity index is 438. The lowest BCUT2D eigenvalue weighted by atomic mass is 10.0. The largest absolute Gasteiger partial charge is 0.493 e. The van der Waals surface area contributed by atoms with Crippen LogP contribution in [0.4, 0.5) is 0 Å². The first-order valence-electron chi connectivity index (χ1n) is 7.27. The summed E-state index contributed by atoms with van der Waals surface area (Å²) in [6.45, 7) is 5.55. The third-order valence-electron chi connectivity index (χ3n) is 3.80. The number of hydrogen-bond donors (Lipinski definition) is 1. The molecule has 104 valence electrons. The standard InChI is InChI=1S/C16H23NO2/c1-3-13(4-2)16(18)17-11-12-7-8-15-14(10-12)6-5-9-19-15/h7-8,10,13H,3-6,9,11H2,1-2H3,(H,17,18). The molecule has 3 heteroatoms. The monoisotopic (exact) mass is 261 g/mol. The van der Waals surface area contributed by atoms with Gasteiger partial charge >= 0.3 is 0 Å². The molecule has 3 nitrogen and oxygen atoms in total. The summed E-state index contributed by atoms with van der Waals surface area (Å²) in [5, 5.41) is 3.03. The van der Waals surface area contributed by atoms with E-state index in [0.717, 1.165) is 43.6 Å². The fourth-order valence-electron chi connectivity index (χ4n) is 2.52. The Balaban J connectivity index is 1.94. The van der Waals surface area contributed by atoms with Crippen LogP contribution in [0.1, 0.15) is 44.2 Å². The average molecular weight is 261 g/mol. The maximum Gasteiger partial charge on any atom is 0.223 e. The zero-order valence-electron chi connectivity index (χ0n) is 11.9. The summed E-state index contributed by atoms with van der Waals surface area (Å²) in [6.07, 6.45) is 3.96. The van der Waals surface area contributed by atoms with Crippen molar-refractivity contribution in [3.05, 3.63) is 29.3 Å². The normalized spacial score (nSPS) is 13.8. The van der Waals surface area contributed by atoms with E-state index in [4.69, 9.17) is 4.74 Å². The lowest BCUT2D eigenvalue weighted by molar-refractivity contribution is -0.125. The SMILES string of the molecule is CCC(CC)C(=O)NCc1ccc2c(c1)CCCO2. The average Bonchev–Trinajstić information content (AvgIpc) is 2.46. The first kappa shape index (κ1) is 13.9. The van der Waals surface area contributed by atoms with Crippen LogP contribution in [-0.2, 0) is 17.8 Å². The van der Waals surface area contributed by atoms with Gasteiger partial charge in [-0.05, 0) is 42.9 Å². The number of carbonyl (C=O) groups is 1. The van der Waals surface area contributed by atoms with E-state index in [9.17, 15) is 4.79 Å². The molecule has 0 atom stereocenters. The van der Waals surface area contributed by atoms with Crippen LogP contribution in [0.3, 0.4) is 0 Å². The molecular formula is C16H23NO2. The predicted octanol–water partition coefficient (Wildman–Crippen LogP) is 3.06. The van der Waals surface area contributed by atoms with Crippen molar-refractivity contribution < 1.29 is 9.53 Å². The lowest BCUT2D eigenvalue weighted by Crippen LogP contribution is -2.29. The van der Waals surface area contributed by atoms with Crippen LogP contribution >= 0.6 is 0 Å². The van der Waals surface area contributed by atoms with Gasteiger partial charge in [-0.15, -0.1) is 0 Å². The Labute approximate surface area is 115 Å². The van der Waals surface area contributed by atoms with Crippen LogP contribution < -0.4 is 10.1 Å². The molecule has 0 saturated heterocycles. The van der Waals surface area contributed by atoms with Gasteiger partial charge in [-0.25, -0.2) is 0 Å². The van der Waals surface area contributed by atoms with Crippen molar-refractivity contribution in [3.8, 4) is 5.75 Å². The Morgan fingerprint density at radius 2 is 2.16 bits per heavy atom. The number of rotatable bonds is 5.